The Balaban J connectivity index is 1.82. The van der Waals surface area contributed by atoms with Crippen molar-refractivity contribution in [2.75, 3.05) is 6.61 Å². The van der Waals surface area contributed by atoms with E-state index in [1.165, 1.54) is 30.5 Å². The topological polar surface area (TPSA) is 124 Å². The number of halogens is 1. The highest BCUT2D eigenvalue weighted by Crippen LogP contribution is 2.28. The maximum atomic E-state index is 11.5. The van der Waals surface area contributed by atoms with Crippen LogP contribution in [-0.2, 0) is 4.79 Å². The summed E-state index contributed by atoms with van der Waals surface area (Å²) >= 11 is 5.81. The molecule has 0 aliphatic carbocycles. The summed E-state index contributed by atoms with van der Waals surface area (Å²) in [5, 5.41) is 10.6. The van der Waals surface area contributed by atoms with Gasteiger partial charge < -0.3 is 9.15 Å². The number of nitrogens with zero attached hydrogens (tertiary/aromatic N) is 1. The second-order valence-corrected chi connectivity index (χ2v) is 4.55. The van der Waals surface area contributed by atoms with Crippen molar-refractivity contribution in [3.05, 3.63) is 57.5 Å². The Bertz CT molecular complexity index is 731. The number of hydrogen-bond acceptors (Lipinski definition) is 6. The molecule has 1 aromatic carbocycles. The van der Waals surface area contributed by atoms with Crippen LogP contribution < -0.4 is 15.6 Å². The number of ether oxygens (including phenoxy) is 1. The number of nitrogens with one attached hydrogen (secondary N) is 2. The largest absolute Gasteiger partial charge is 0.482 e. The van der Waals surface area contributed by atoms with E-state index in [0.29, 0.717) is 0 Å². The van der Waals surface area contributed by atoms with Crippen LogP contribution in [0, 0.1) is 10.1 Å². The SMILES string of the molecule is O=C(COc1ccc([N+](=O)[O-])cc1Cl)NNC(=O)c1ccco1. The van der Waals surface area contributed by atoms with Crippen molar-refractivity contribution in [2.24, 2.45) is 0 Å². The monoisotopic (exact) mass is 339 g/mol. The molecule has 0 spiro atoms. The number of benzene rings is 1. The second-order valence-electron chi connectivity index (χ2n) is 4.14. The Morgan fingerprint density at radius 1 is 1.30 bits per heavy atom. The summed E-state index contributed by atoms with van der Waals surface area (Å²) in [6, 6.07) is 6.52. The molecule has 120 valence electrons. The fourth-order valence-electron chi connectivity index (χ4n) is 1.50. The molecule has 9 nitrogen and oxygen atoms in total. The normalized spacial score (nSPS) is 9.96. The lowest BCUT2D eigenvalue weighted by atomic mass is 10.3. The van der Waals surface area contributed by atoms with Crippen LogP contribution in [0.2, 0.25) is 5.02 Å². The molecule has 2 N–H and O–H groups in total. The molecular formula is C13H10ClN3O6. The average Bonchev–Trinajstić information content (AvgIpc) is 3.05. The smallest absolute Gasteiger partial charge is 0.305 e. The van der Waals surface area contributed by atoms with Gasteiger partial charge in [-0.05, 0) is 18.2 Å². The zero-order valence-corrected chi connectivity index (χ0v) is 12.2. The van der Waals surface area contributed by atoms with Gasteiger partial charge in [0.2, 0.25) is 0 Å². The van der Waals surface area contributed by atoms with Crippen molar-refractivity contribution in [1.29, 1.82) is 0 Å². The number of nitro benzene ring substituents is 1. The molecular weight excluding hydrogens is 330 g/mol. The number of non-ortho nitro benzene ring substituents is 1. The third-order valence-electron chi connectivity index (χ3n) is 2.55. The van der Waals surface area contributed by atoms with Crippen LogP contribution in [0.3, 0.4) is 0 Å². The molecule has 0 aliphatic rings. The molecule has 23 heavy (non-hydrogen) atoms. The molecule has 1 heterocycles. The van der Waals surface area contributed by atoms with Gasteiger partial charge in [-0.25, -0.2) is 0 Å². The number of nitro groups is 1. The number of hydrazine groups is 1. The molecule has 2 aromatic rings. The summed E-state index contributed by atoms with van der Waals surface area (Å²) in [6.07, 6.45) is 1.32. The molecule has 10 heteroatoms. The lowest BCUT2D eigenvalue weighted by Crippen LogP contribution is -2.43. The van der Waals surface area contributed by atoms with E-state index in [2.05, 4.69) is 10.9 Å². The van der Waals surface area contributed by atoms with E-state index in [9.17, 15) is 19.7 Å². The Morgan fingerprint density at radius 3 is 2.70 bits per heavy atom. The van der Waals surface area contributed by atoms with Gasteiger partial charge in [0, 0.05) is 12.1 Å². The number of carbonyl (C=O) groups excluding carboxylic acids is 2. The van der Waals surface area contributed by atoms with E-state index in [0.717, 1.165) is 6.07 Å². The molecule has 0 atom stereocenters. The minimum atomic E-state index is -0.653. The van der Waals surface area contributed by atoms with E-state index < -0.39 is 23.3 Å². The summed E-state index contributed by atoms with van der Waals surface area (Å²) < 4.78 is 9.95. The Labute approximate surface area is 134 Å². The summed E-state index contributed by atoms with van der Waals surface area (Å²) in [6.45, 7) is -0.448. The van der Waals surface area contributed by atoms with E-state index in [-0.39, 0.29) is 22.2 Å². The molecule has 1 aromatic heterocycles. The van der Waals surface area contributed by atoms with Crippen molar-refractivity contribution in [2.45, 2.75) is 0 Å². The Hall–Kier alpha value is -3.07. The predicted molar refractivity (Wildman–Crippen MR) is 77.9 cm³/mol. The van der Waals surface area contributed by atoms with Crippen LogP contribution in [0.5, 0.6) is 5.75 Å². The quantitative estimate of drug-likeness (QED) is 0.631. The average molecular weight is 340 g/mol. The lowest BCUT2D eigenvalue weighted by Gasteiger charge is -2.09. The van der Waals surface area contributed by atoms with Gasteiger partial charge >= 0.3 is 5.91 Å². The molecule has 0 saturated heterocycles. The maximum Gasteiger partial charge on any atom is 0.305 e. The van der Waals surface area contributed by atoms with E-state index in [4.69, 9.17) is 20.8 Å². The molecule has 0 saturated carbocycles. The van der Waals surface area contributed by atoms with Gasteiger partial charge in [0.1, 0.15) is 5.75 Å². The van der Waals surface area contributed by atoms with Gasteiger partial charge in [0.15, 0.2) is 12.4 Å². The highest BCUT2D eigenvalue weighted by molar-refractivity contribution is 6.32. The standard InChI is InChI=1S/C13H10ClN3O6/c14-9-6-8(17(20)21)3-4-10(9)23-7-12(18)15-16-13(19)11-2-1-5-22-11/h1-6H,7H2,(H,15,18)(H,16,19). The summed E-state index contributed by atoms with van der Waals surface area (Å²) in [4.78, 5) is 33.0. The molecule has 0 unspecified atom stereocenters. The van der Waals surface area contributed by atoms with Gasteiger partial charge in [0.05, 0.1) is 16.2 Å². The van der Waals surface area contributed by atoms with Gasteiger partial charge in [-0.15, -0.1) is 0 Å². The van der Waals surface area contributed by atoms with Crippen LogP contribution in [0.4, 0.5) is 5.69 Å². The van der Waals surface area contributed by atoms with Crippen LogP contribution in [0.25, 0.3) is 0 Å². The minimum Gasteiger partial charge on any atom is -0.482 e. The van der Waals surface area contributed by atoms with Gasteiger partial charge in [-0.3, -0.25) is 30.6 Å². The maximum absolute atomic E-state index is 11.5. The molecule has 2 amide bonds. The first-order valence-corrected chi connectivity index (χ1v) is 6.54. The summed E-state index contributed by atoms with van der Waals surface area (Å²) in [5.74, 6) is -1.15. The fourth-order valence-corrected chi connectivity index (χ4v) is 1.72. The molecule has 0 fully saturated rings. The van der Waals surface area contributed by atoms with Crippen molar-refractivity contribution in [1.82, 2.24) is 10.9 Å². The zero-order valence-electron chi connectivity index (χ0n) is 11.4. The van der Waals surface area contributed by atoms with Crippen molar-refractivity contribution in [3.63, 3.8) is 0 Å². The highest BCUT2D eigenvalue weighted by atomic mass is 35.5. The molecule has 0 bridgehead atoms. The van der Waals surface area contributed by atoms with Crippen LogP contribution >= 0.6 is 11.6 Å². The predicted octanol–water partition coefficient (Wildman–Crippen LogP) is 1.68. The third kappa shape index (κ3) is 4.45. The fraction of sp³-hybridized carbons (Fsp3) is 0.0769. The number of hydrogen-bond donors (Lipinski definition) is 2. The molecule has 0 radical (unpaired) electrons. The Kier molecular flexibility index (Phi) is 5.15. The van der Waals surface area contributed by atoms with Gasteiger partial charge in [-0.1, -0.05) is 11.6 Å². The van der Waals surface area contributed by atoms with Crippen molar-refractivity contribution in [3.8, 4) is 5.75 Å². The van der Waals surface area contributed by atoms with Crippen LogP contribution in [0.15, 0.2) is 41.0 Å². The number of furan rings is 1. The zero-order chi connectivity index (χ0) is 16.8. The first kappa shape index (κ1) is 16.3. The third-order valence-corrected chi connectivity index (χ3v) is 2.84. The van der Waals surface area contributed by atoms with E-state index in [1.807, 2.05) is 0 Å². The first-order valence-electron chi connectivity index (χ1n) is 6.17. The second kappa shape index (κ2) is 7.27. The first-order chi connectivity index (χ1) is 11.0. The number of carbonyl (C=O) groups is 2. The van der Waals surface area contributed by atoms with E-state index >= 15 is 0 Å². The summed E-state index contributed by atoms with van der Waals surface area (Å²) in [7, 11) is 0. The van der Waals surface area contributed by atoms with E-state index in [1.54, 1.807) is 0 Å². The van der Waals surface area contributed by atoms with Gasteiger partial charge in [-0.2, -0.15) is 0 Å². The molecule has 0 aliphatic heterocycles. The minimum absolute atomic E-state index is 0.00776. The van der Waals surface area contributed by atoms with Crippen LogP contribution in [0.1, 0.15) is 10.6 Å². The number of amides is 2. The molecule has 2 rings (SSSR count). The number of rotatable bonds is 5. The van der Waals surface area contributed by atoms with Crippen molar-refractivity contribution < 1.29 is 23.7 Å². The highest BCUT2D eigenvalue weighted by Gasteiger charge is 2.13. The Morgan fingerprint density at radius 2 is 2.09 bits per heavy atom. The summed E-state index contributed by atoms with van der Waals surface area (Å²) in [5.41, 5.74) is 4.04. The lowest BCUT2D eigenvalue weighted by molar-refractivity contribution is -0.384. The van der Waals surface area contributed by atoms with Gasteiger partial charge in [0.25, 0.3) is 11.6 Å². The van der Waals surface area contributed by atoms with Crippen LogP contribution in [-0.4, -0.2) is 23.3 Å². The van der Waals surface area contributed by atoms with Crippen molar-refractivity contribution >= 4 is 29.1 Å².